The molecule has 7 heteroatoms. The van der Waals surface area contributed by atoms with Gasteiger partial charge in [0.05, 0.1) is 5.52 Å². The van der Waals surface area contributed by atoms with Gasteiger partial charge in [-0.1, -0.05) is 0 Å². The third kappa shape index (κ3) is 4.83. The number of aromatic amines is 1. The smallest absolute Gasteiger partial charge is 0.417 e. The molecule has 1 aromatic carbocycles. The summed E-state index contributed by atoms with van der Waals surface area (Å²) in [6.07, 6.45) is 0.337. The van der Waals surface area contributed by atoms with Crippen molar-refractivity contribution in [2.45, 2.75) is 32.8 Å². The first kappa shape index (κ1) is 15.9. The number of H-pyrrole nitrogens is 1. The molecule has 0 aliphatic heterocycles. The van der Waals surface area contributed by atoms with Crippen LogP contribution in [0.1, 0.15) is 27.2 Å². The number of carbonyl (C=O) groups excluding carboxylic acids is 1. The number of benzene rings is 1. The van der Waals surface area contributed by atoms with Gasteiger partial charge in [0.15, 0.2) is 5.58 Å². The van der Waals surface area contributed by atoms with E-state index in [-0.39, 0.29) is 0 Å². The molecule has 0 aliphatic rings. The van der Waals surface area contributed by atoms with E-state index in [4.69, 9.17) is 9.15 Å². The summed E-state index contributed by atoms with van der Waals surface area (Å²) in [6, 6.07) is 5.37. The molecule has 1 aromatic heterocycles. The number of fused-ring (bicyclic) bond motifs is 1. The van der Waals surface area contributed by atoms with Crippen molar-refractivity contribution in [3.63, 3.8) is 0 Å². The number of oxazole rings is 1. The van der Waals surface area contributed by atoms with Gasteiger partial charge in [0, 0.05) is 18.8 Å². The molecule has 0 saturated carbocycles. The van der Waals surface area contributed by atoms with Crippen molar-refractivity contribution in [3.05, 3.63) is 28.7 Å². The standard InChI is InChI=1S/C15H21N3O4/c1-15(2,3)22-13(19)17-8-4-7-16-10-5-6-12-11(9-10)18-14(20)21-12/h5-6,9,16H,4,7-8H2,1-3H3,(H,17,19)(H,18,20). The summed E-state index contributed by atoms with van der Waals surface area (Å²) in [5.41, 5.74) is 1.57. The summed E-state index contributed by atoms with van der Waals surface area (Å²) in [6.45, 7) is 6.68. The monoisotopic (exact) mass is 307 g/mol. The van der Waals surface area contributed by atoms with E-state index in [2.05, 4.69) is 15.6 Å². The third-order valence-electron chi connectivity index (χ3n) is 2.77. The van der Waals surface area contributed by atoms with E-state index in [0.717, 1.165) is 12.1 Å². The number of hydrogen-bond donors (Lipinski definition) is 3. The zero-order valence-electron chi connectivity index (χ0n) is 13.0. The highest BCUT2D eigenvalue weighted by atomic mass is 16.6. The maximum Gasteiger partial charge on any atom is 0.417 e. The number of alkyl carbamates (subject to hydrolysis) is 1. The van der Waals surface area contributed by atoms with E-state index in [1.54, 1.807) is 6.07 Å². The van der Waals surface area contributed by atoms with Crippen molar-refractivity contribution in [1.82, 2.24) is 10.3 Å². The predicted octanol–water partition coefficient (Wildman–Crippen LogP) is 2.45. The first-order valence-corrected chi connectivity index (χ1v) is 7.17. The fourth-order valence-electron chi connectivity index (χ4n) is 1.89. The highest BCUT2D eigenvalue weighted by Gasteiger charge is 2.15. The number of ether oxygens (including phenoxy) is 1. The molecule has 0 radical (unpaired) electrons. The molecule has 0 aliphatic carbocycles. The van der Waals surface area contributed by atoms with E-state index in [0.29, 0.717) is 24.2 Å². The second-order valence-corrected chi connectivity index (χ2v) is 5.93. The molecule has 0 unspecified atom stereocenters. The molecular formula is C15H21N3O4. The van der Waals surface area contributed by atoms with Crippen LogP contribution in [0.5, 0.6) is 0 Å². The normalized spacial score (nSPS) is 11.4. The molecule has 2 rings (SSSR count). The minimum Gasteiger partial charge on any atom is -0.444 e. The van der Waals surface area contributed by atoms with Crippen LogP contribution < -0.4 is 16.4 Å². The summed E-state index contributed by atoms with van der Waals surface area (Å²) in [7, 11) is 0. The maximum atomic E-state index is 11.4. The minimum absolute atomic E-state index is 0.412. The largest absolute Gasteiger partial charge is 0.444 e. The second-order valence-electron chi connectivity index (χ2n) is 5.93. The second kappa shape index (κ2) is 6.55. The average molecular weight is 307 g/mol. The third-order valence-corrected chi connectivity index (χ3v) is 2.77. The summed E-state index contributed by atoms with van der Waals surface area (Å²) >= 11 is 0. The molecule has 3 N–H and O–H groups in total. The van der Waals surface area contributed by atoms with Crippen LogP contribution in [0.2, 0.25) is 0 Å². The summed E-state index contributed by atoms with van der Waals surface area (Å²) in [4.78, 5) is 25.1. The Hall–Kier alpha value is -2.44. The van der Waals surface area contributed by atoms with Gasteiger partial charge >= 0.3 is 11.8 Å². The molecule has 0 saturated heterocycles. The Morgan fingerprint density at radius 2 is 2.09 bits per heavy atom. The Labute approximate surface area is 128 Å². The number of carbonyl (C=O) groups is 1. The Kier molecular flexibility index (Phi) is 4.75. The molecule has 0 fully saturated rings. The van der Waals surface area contributed by atoms with Crippen molar-refractivity contribution in [1.29, 1.82) is 0 Å². The number of hydrogen-bond acceptors (Lipinski definition) is 5. The van der Waals surface area contributed by atoms with Crippen LogP contribution in [-0.2, 0) is 4.74 Å². The van der Waals surface area contributed by atoms with Crippen molar-refractivity contribution >= 4 is 22.9 Å². The van der Waals surface area contributed by atoms with Crippen LogP contribution in [0.25, 0.3) is 11.1 Å². The van der Waals surface area contributed by atoms with Crippen molar-refractivity contribution in [3.8, 4) is 0 Å². The highest BCUT2D eigenvalue weighted by molar-refractivity contribution is 5.76. The maximum absolute atomic E-state index is 11.4. The van der Waals surface area contributed by atoms with Gasteiger partial charge in [0.25, 0.3) is 0 Å². The number of anilines is 1. The highest BCUT2D eigenvalue weighted by Crippen LogP contribution is 2.15. The summed E-state index contributed by atoms with van der Waals surface area (Å²) in [5, 5.41) is 5.91. The number of rotatable bonds is 5. The number of aromatic nitrogens is 1. The Bertz CT molecular complexity index is 697. The van der Waals surface area contributed by atoms with Crippen LogP contribution >= 0.6 is 0 Å². The molecule has 0 spiro atoms. The predicted molar refractivity (Wildman–Crippen MR) is 84.2 cm³/mol. The summed E-state index contributed by atoms with van der Waals surface area (Å²) < 4.78 is 10.1. The molecule has 7 nitrogen and oxygen atoms in total. The van der Waals surface area contributed by atoms with Crippen molar-refractivity contribution in [2.24, 2.45) is 0 Å². The topological polar surface area (TPSA) is 96.4 Å². The van der Waals surface area contributed by atoms with E-state index in [1.807, 2.05) is 32.9 Å². The number of nitrogens with one attached hydrogen (secondary N) is 3. The molecule has 0 bridgehead atoms. The van der Waals surface area contributed by atoms with Gasteiger partial charge in [-0.05, 0) is 45.4 Å². The van der Waals surface area contributed by atoms with Gasteiger partial charge in [0.1, 0.15) is 5.60 Å². The van der Waals surface area contributed by atoms with E-state index >= 15 is 0 Å². The first-order valence-electron chi connectivity index (χ1n) is 7.17. The zero-order chi connectivity index (χ0) is 16.2. The first-order chi connectivity index (χ1) is 10.3. The minimum atomic E-state index is -0.487. The molecule has 1 heterocycles. The van der Waals surface area contributed by atoms with Crippen LogP contribution in [0.15, 0.2) is 27.4 Å². The fraction of sp³-hybridized carbons (Fsp3) is 0.467. The summed E-state index contributed by atoms with van der Waals surface area (Å²) in [5.74, 6) is -0.464. The van der Waals surface area contributed by atoms with Gasteiger partial charge in [0.2, 0.25) is 0 Å². The van der Waals surface area contributed by atoms with Crippen LogP contribution in [0, 0.1) is 0 Å². The average Bonchev–Trinajstić information content (AvgIpc) is 2.75. The Balaban J connectivity index is 1.71. The molecule has 22 heavy (non-hydrogen) atoms. The van der Waals surface area contributed by atoms with E-state index in [1.165, 1.54) is 0 Å². The lowest BCUT2D eigenvalue weighted by Gasteiger charge is -2.19. The van der Waals surface area contributed by atoms with Crippen LogP contribution in [0.4, 0.5) is 10.5 Å². The van der Waals surface area contributed by atoms with Crippen molar-refractivity contribution < 1.29 is 13.9 Å². The van der Waals surface area contributed by atoms with E-state index in [9.17, 15) is 9.59 Å². The molecule has 1 amide bonds. The Morgan fingerprint density at radius 1 is 1.32 bits per heavy atom. The van der Waals surface area contributed by atoms with Gasteiger partial charge in [-0.25, -0.2) is 9.59 Å². The van der Waals surface area contributed by atoms with Gasteiger partial charge < -0.3 is 19.8 Å². The van der Waals surface area contributed by atoms with Gasteiger partial charge in [-0.3, -0.25) is 4.98 Å². The van der Waals surface area contributed by atoms with Gasteiger partial charge in [-0.15, -0.1) is 0 Å². The van der Waals surface area contributed by atoms with Crippen LogP contribution in [0.3, 0.4) is 0 Å². The van der Waals surface area contributed by atoms with Crippen LogP contribution in [-0.4, -0.2) is 29.8 Å². The lowest BCUT2D eigenvalue weighted by molar-refractivity contribution is 0.0528. The quantitative estimate of drug-likeness (QED) is 0.737. The molecule has 0 atom stereocenters. The molecule has 2 aromatic rings. The Morgan fingerprint density at radius 3 is 2.82 bits per heavy atom. The van der Waals surface area contributed by atoms with E-state index < -0.39 is 17.5 Å². The SMILES string of the molecule is CC(C)(C)OC(=O)NCCCNc1ccc2oc(=O)[nH]c2c1. The zero-order valence-corrected chi connectivity index (χ0v) is 13.0. The molecular weight excluding hydrogens is 286 g/mol. The lowest BCUT2D eigenvalue weighted by atomic mass is 10.2. The van der Waals surface area contributed by atoms with Crippen molar-refractivity contribution in [2.75, 3.05) is 18.4 Å². The van der Waals surface area contributed by atoms with Gasteiger partial charge in [-0.2, -0.15) is 0 Å². The number of amides is 1. The lowest BCUT2D eigenvalue weighted by Crippen LogP contribution is -2.33. The molecule has 120 valence electrons. The fourth-order valence-corrected chi connectivity index (χ4v) is 1.89.